The molecule has 1 aliphatic rings. The molecule has 1 fully saturated rings. The maximum atomic E-state index is 5.93. The van der Waals surface area contributed by atoms with Crippen LogP contribution in [0.15, 0.2) is 0 Å². The Bertz CT molecular complexity index is 282. The topological polar surface area (TPSA) is 32.1 Å². The molecule has 0 unspecified atom stereocenters. The summed E-state index contributed by atoms with van der Waals surface area (Å²) in [7, 11) is 0. The average molecular weight is 296 g/mol. The van der Waals surface area contributed by atoms with Crippen molar-refractivity contribution in [3.05, 3.63) is 0 Å². The van der Waals surface area contributed by atoms with Crippen LogP contribution in [0.4, 0.5) is 0 Å². The van der Waals surface area contributed by atoms with Crippen molar-refractivity contribution >= 4 is 18.3 Å². The van der Waals surface area contributed by atoms with Gasteiger partial charge in [-0.05, 0) is 24.6 Å². The van der Waals surface area contributed by atoms with Gasteiger partial charge >= 0.3 is 0 Å². The molecule has 0 aromatic rings. The van der Waals surface area contributed by atoms with Crippen LogP contribution < -0.4 is 4.90 Å². The van der Waals surface area contributed by atoms with Gasteiger partial charge in [-0.25, -0.2) is 0 Å². The van der Waals surface area contributed by atoms with Crippen LogP contribution in [0.25, 0.3) is 0 Å². The van der Waals surface area contributed by atoms with Gasteiger partial charge in [-0.1, -0.05) is 13.8 Å². The first-order valence-corrected chi connectivity index (χ1v) is 9.79. The number of hydrogen-bond acceptors (Lipinski definition) is 4. The summed E-state index contributed by atoms with van der Waals surface area (Å²) in [4.78, 5) is 1.53. The van der Waals surface area contributed by atoms with E-state index in [-0.39, 0.29) is 6.10 Å². The van der Waals surface area contributed by atoms with Gasteiger partial charge in [0.25, 0.3) is 0 Å². The molecule has 0 aromatic heterocycles. The highest BCUT2D eigenvalue weighted by molar-refractivity contribution is 8.09. The predicted octanol–water partition coefficient (Wildman–Crippen LogP) is 0.919. The minimum Gasteiger partial charge on any atom is -0.370 e. The smallest absolute Gasteiger partial charge is 0.186 e. The Morgan fingerprint density at radius 2 is 1.89 bits per heavy atom. The number of nitrogens with one attached hydrogen (secondary N) is 1. The van der Waals surface area contributed by atoms with Crippen LogP contribution in [-0.4, -0.2) is 52.2 Å². The Hall–Kier alpha value is 0.490. The second-order valence-electron chi connectivity index (χ2n) is 5.44. The fourth-order valence-corrected chi connectivity index (χ4v) is 3.93. The van der Waals surface area contributed by atoms with E-state index in [1.165, 1.54) is 4.90 Å². The van der Waals surface area contributed by atoms with E-state index >= 15 is 0 Å². The van der Waals surface area contributed by atoms with Crippen LogP contribution in [0.5, 0.6) is 0 Å². The van der Waals surface area contributed by atoms with Gasteiger partial charge < -0.3 is 18.7 Å². The lowest BCUT2D eigenvalue weighted by molar-refractivity contribution is -0.910. The van der Waals surface area contributed by atoms with Crippen molar-refractivity contribution in [2.75, 3.05) is 46.1 Å². The van der Waals surface area contributed by atoms with Crippen LogP contribution in [0.1, 0.15) is 20.8 Å². The number of rotatable bonds is 7. The summed E-state index contributed by atoms with van der Waals surface area (Å²) in [5.74, 6) is 0.496. The highest BCUT2D eigenvalue weighted by Gasteiger charge is 2.22. The van der Waals surface area contributed by atoms with E-state index in [1.54, 1.807) is 0 Å². The number of quaternary nitrogens is 1. The van der Waals surface area contributed by atoms with E-state index in [9.17, 15) is 0 Å². The molecule has 0 spiro atoms. The van der Waals surface area contributed by atoms with Crippen molar-refractivity contribution in [2.24, 2.45) is 5.92 Å². The summed E-state index contributed by atoms with van der Waals surface area (Å²) in [6.07, 6.45) is 0.154. The highest BCUT2D eigenvalue weighted by atomic mass is 32.5. The fraction of sp³-hybridized carbons (Fsp3) is 1.00. The van der Waals surface area contributed by atoms with Crippen LogP contribution >= 0.6 is 6.49 Å². The molecule has 4 nitrogen and oxygen atoms in total. The molecule has 1 aliphatic heterocycles. The van der Waals surface area contributed by atoms with Gasteiger partial charge in [-0.15, -0.1) is 0 Å². The number of morpholine rings is 1. The molecule has 1 rings (SSSR count). The van der Waals surface area contributed by atoms with Crippen LogP contribution in [0, 0.1) is 5.92 Å². The Morgan fingerprint density at radius 1 is 1.28 bits per heavy atom. The highest BCUT2D eigenvalue weighted by Crippen LogP contribution is 2.45. The van der Waals surface area contributed by atoms with Gasteiger partial charge in [-0.2, -0.15) is 0 Å². The Balaban J connectivity index is 2.28. The second-order valence-corrected chi connectivity index (χ2v) is 9.45. The van der Waals surface area contributed by atoms with Crippen LogP contribution in [-0.2, 0) is 25.6 Å². The molecule has 0 radical (unpaired) electrons. The van der Waals surface area contributed by atoms with E-state index in [0.717, 1.165) is 32.8 Å². The number of ether oxygens (including phenoxy) is 1. The van der Waals surface area contributed by atoms with Crippen LogP contribution in [0.3, 0.4) is 0 Å². The molecule has 0 amide bonds. The van der Waals surface area contributed by atoms with Crippen molar-refractivity contribution in [2.45, 2.75) is 26.9 Å². The van der Waals surface area contributed by atoms with E-state index in [4.69, 9.17) is 25.6 Å². The van der Waals surface area contributed by atoms with Crippen molar-refractivity contribution in [1.82, 2.24) is 0 Å². The normalized spacial score (nSPS) is 22.9. The van der Waals surface area contributed by atoms with Gasteiger partial charge in [0.05, 0.1) is 19.8 Å². The first-order chi connectivity index (χ1) is 8.39. The zero-order valence-electron chi connectivity index (χ0n) is 12.0. The van der Waals surface area contributed by atoms with Gasteiger partial charge in [0, 0.05) is 6.66 Å². The minimum absolute atomic E-state index is 0.154. The quantitative estimate of drug-likeness (QED) is 0.708. The van der Waals surface area contributed by atoms with E-state index in [1.807, 2.05) is 6.66 Å². The Morgan fingerprint density at radius 3 is 2.44 bits per heavy atom. The molecule has 18 heavy (non-hydrogen) atoms. The monoisotopic (exact) mass is 296 g/mol. The third-order valence-electron chi connectivity index (χ3n) is 2.79. The zero-order chi connectivity index (χ0) is 13.6. The van der Waals surface area contributed by atoms with Crippen molar-refractivity contribution in [1.29, 1.82) is 0 Å². The Labute approximate surface area is 116 Å². The third kappa shape index (κ3) is 7.17. The maximum Gasteiger partial charge on any atom is 0.186 e. The van der Waals surface area contributed by atoms with E-state index in [0.29, 0.717) is 12.5 Å². The summed E-state index contributed by atoms with van der Waals surface area (Å²) in [6.45, 7) is 11.7. The largest absolute Gasteiger partial charge is 0.370 e. The predicted molar refractivity (Wildman–Crippen MR) is 77.9 cm³/mol. The summed E-state index contributed by atoms with van der Waals surface area (Å²) in [5.41, 5.74) is 0. The van der Waals surface area contributed by atoms with Gasteiger partial charge in [0.2, 0.25) is 0 Å². The lowest BCUT2D eigenvalue weighted by Gasteiger charge is -2.28. The SMILES string of the molecule is CC(C)CO[P@](C)(=S)O[C@H](C)C[NH+]1CCOCC1. The molecular weight excluding hydrogens is 269 g/mol. The third-order valence-corrected chi connectivity index (χ3v) is 4.73. The molecule has 108 valence electrons. The summed E-state index contributed by atoms with van der Waals surface area (Å²) in [5, 5.41) is 0. The average Bonchev–Trinajstić information content (AvgIpc) is 2.27. The minimum atomic E-state index is -2.08. The molecule has 2 atom stereocenters. The molecule has 0 aliphatic carbocycles. The van der Waals surface area contributed by atoms with Gasteiger partial charge in [0.15, 0.2) is 6.49 Å². The molecule has 0 aromatic carbocycles. The standard InChI is InChI=1S/C12H26NO3PS/c1-11(2)10-15-17(4,18)16-12(3)9-13-5-7-14-8-6-13/h11-12H,5-10H2,1-4H3/p+1/t12-,17+/m1/s1. The van der Waals surface area contributed by atoms with Gasteiger partial charge in [-0.3, -0.25) is 0 Å². The summed E-state index contributed by atoms with van der Waals surface area (Å²) >= 11 is 5.44. The molecule has 0 saturated carbocycles. The molecule has 1 heterocycles. The lowest BCUT2D eigenvalue weighted by Crippen LogP contribution is -3.15. The van der Waals surface area contributed by atoms with E-state index in [2.05, 4.69) is 20.8 Å². The van der Waals surface area contributed by atoms with Gasteiger partial charge in [0.1, 0.15) is 25.7 Å². The van der Waals surface area contributed by atoms with Crippen molar-refractivity contribution < 1.29 is 18.7 Å². The first kappa shape index (κ1) is 16.5. The second kappa shape index (κ2) is 7.93. The van der Waals surface area contributed by atoms with Crippen LogP contribution in [0.2, 0.25) is 0 Å². The maximum absolute atomic E-state index is 5.93. The molecule has 6 heteroatoms. The first-order valence-electron chi connectivity index (χ1n) is 6.71. The fourth-order valence-electron chi connectivity index (χ4n) is 1.95. The zero-order valence-corrected chi connectivity index (χ0v) is 13.7. The van der Waals surface area contributed by atoms with Crippen molar-refractivity contribution in [3.8, 4) is 0 Å². The Kier molecular flexibility index (Phi) is 7.29. The summed E-state index contributed by atoms with van der Waals surface area (Å²) in [6, 6.07) is 0. The van der Waals surface area contributed by atoms with E-state index < -0.39 is 6.49 Å². The molecule has 1 saturated heterocycles. The molecular formula is C12H27NO3PS+. The van der Waals surface area contributed by atoms with Crippen molar-refractivity contribution in [3.63, 3.8) is 0 Å². The molecule has 0 bridgehead atoms. The summed E-state index contributed by atoms with van der Waals surface area (Å²) < 4.78 is 17.0. The molecule has 1 N–H and O–H groups in total. The number of hydrogen-bond donors (Lipinski definition) is 1. The lowest BCUT2D eigenvalue weighted by atomic mass is 10.2.